The topological polar surface area (TPSA) is 29.3 Å². The molecule has 2 nitrogen and oxygen atoms in total. The van der Waals surface area contributed by atoms with Gasteiger partial charge in [-0.2, -0.15) is 0 Å². The summed E-state index contributed by atoms with van der Waals surface area (Å²) < 4.78 is 0. The summed E-state index contributed by atoms with van der Waals surface area (Å²) in [5.74, 6) is 0.943. The fourth-order valence-electron chi connectivity index (χ4n) is 4.46. The normalized spacial score (nSPS) is 25.6. The summed E-state index contributed by atoms with van der Waals surface area (Å²) in [5.41, 5.74) is 10.6. The predicted octanol–water partition coefficient (Wildman–Crippen LogP) is 3.96. The zero-order chi connectivity index (χ0) is 14.8. The Morgan fingerprint density at radius 2 is 1.90 bits per heavy atom. The van der Waals surface area contributed by atoms with Crippen molar-refractivity contribution in [2.45, 2.75) is 64.5 Å². The first kappa shape index (κ1) is 15.1. The first-order valence-electron chi connectivity index (χ1n) is 8.72. The van der Waals surface area contributed by atoms with Crippen molar-refractivity contribution in [3.63, 3.8) is 0 Å². The third-order valence-electron chi connectivity index (χ3n) is 5.62. The summed E-state index contributed by atoms with van der Waals surface area (Å²) >= 11 is 0. The van der Waals surface area contributed by atoms with Crippen molar-refractivity contribution >= 4 is 0 Å². The van der Waals surface area contributed by atoms with Crippen molar-refractivity contribution in [1.82, 2.24) is 4.90 Å². The highest BCUT2D eigenvalue weighted by Crippen LogP contribution is 2.36. The lowest BCUT2D eigenvalue weighted by Crippen LogP contribution is -2.39. The van der Waals surface area contributed by atoms with Crippen molar-refractivity contribution in [3.05, 3.63) is 34.9 Å². The minimum Gasteiger partial charge on any atom is -0.323 e. The molecule has 1 heterocycles. The predicted molar refractivity (Wildman–Crippen MR) is 89.4 cm³/mol. The summed E-state index contributed by atoms with van der Waals surface area (Å²) in [4.78, 5) is 2.70. The lowest BCUT2D eigenvalue weighted by Gasteiger charge is -2.32. The molecule has 1 aromatic carbocycles. The summed E-state index contributed by atoms with van der Waals surface area (Å²) in [6, 6.07) is 7.64. The number of likely N-dealkylation sites (tertiary alicyclic amines) is 1. The lowest BCUT2D eigenvalue weighted by molar-refractivity contribution is 0.181. The van der Waals surface area contributed by atoms with E-state index in [4.69, 9.17) is 5.73 Å². The summed E-state index contributed by atoms with van der Waals surface area (Å²) in [6.45, 7) is 6.63. The van der Waals surface area contributed by atoms with Crippen molar-refractivity contribution in [1.29, 1.82) is 0 Å². The molecule has 116 valence electrons. The van der Waals surface area contributed by atoms with Gasteiger partial charge in [-0.05, 0) is 63.1 Å². The molecule has 1 aliphatic carbocycles. The molecule has 0 aromatic heterocycles. The van der Waals surface area contributed by atoms with Crippen LogP contribution in [0.3, 0.4) is 0 Å². The first-order valence-corrected chi connectivity index (χ1v) is 8.72. The molecule has 2 fully saturated rings. The van der Waals surface area contributed by atoms with Crippen LogP contribution in [0.4, 0.5) is 0 Å². The van der Waals surface area contributed by atoms with E-state index >= 15 is 0 Å². The molecule has 2 N–H and O–H groups in total. The maximum atomic E-state index is 6.56. The van der Waals surface area contributed by atoms with Gasteiger partial charge in [-0.3, -0.25) is 4.90 Å². The molecule has 0 amide bonds. The Hall–Kier alpha value is -0.860. The quantitative estimate of drug-likeness (QED) is 0.908. The van der Waals surface area contributed by atoms with Crippen molar-refractivity contribution in [2.24, 2.45) is 11.7 Å². The third-order valence-corrected chi connectivity index (χ3v) is 5.62. The molecule has 0 radical (unpaired) electrons. The van der Waals surface area contributed by atoms with Crippen molar-refractivity contribution in [3.8, 4) is 0 Å². The van der Waals surface area contributed by atoms with Gasteiger partial charge in [-0.15, -0.1) is 0 Å². The van der Waals surface area contributed by atoms with Crippen LogP contribution in [0.15, 0.2) is 18.2 Å². The van der Waals surface area contributed by atoms with Crippen LogP contribution < -0.4 is 5.73 Å². The minimum absolute atomic E-state index is 0.159. The molecule has 0 spiro atoms. The van der Waals surface area contributed by atoms with Gasteiger partial charge in [0.1, 0.15) is 0 Å². The molecule has 1 aliphatic heterocycles. The summed E-state index contributed by atoms with van der Waals surface area (Å²) in [7, 11) is 0. The fourth-order valence-corrected chi connectivity index (χ4v) is 4.46. The zero-order valence-electron chi connectivity index (χ0n) is 13.6. The highest BCUT2D eigenvalue weighted by Gasteiger charge is 2.33. The summed E-state index contributed by atoms with van der Waals surface area (Å²) in [6.07, 6.45) is 8.53. The van der Waals surface area contributed by atoms with Gasteiger partial charge >= 0.3 is 0 Å². The number of benzene rings is 1. The van der Waals surface area contributed by atoms with Gasteiger partial charge in [0.15, 0.2) is 0 Å². The zero-order valence-corrected chi connectivity index (χ0v) is 13.6. The van der Waals surface area contributed by atoms with E-state index in [1.54, 1.807) is 0 Å². The van der Waals surface area contributed by atoms with Crippen molar-refractivity contribution < 1.29 is 0 Å². The van der Waals surface area contributed by atoms with Crippen LogP contribution in [0.5, 0.6) is 0 Å². The molecule has 2 heteroatoms. The molecule has 1 aromatic rings. The van der Waals surface area contributed by atoms with Gasteiger partial charge in [-0.1, -0.05) is 36.6 Å². The minimum atomic E-state index is 0.159. The molecule has 2 unspecified atom stereocenters. The molecule has 1 saturated carbocycles. The van der Waals surface area contributed by atoms with E-state index < -0.39 is 0 Å². The standard InChI is InChI=1S/C19H30N2/c1-14-9-10-15(2)17(12-14)18(20)13-21-11-5-8-19(21)16-6-3-4-7-16/h9-10,12,16,18-19H,3-8,11,13,20H2,1-2H3. The smallest absolute Gasteiger partial charge is 0.0427 e. The second kappa shape index (κ2) is 6.50. The van der Waals surface area contributed by atoms with E-state index in [2.05, 4.69) is 36.9 Å². The highest BCUT2D eigenvalue weighted by molar-refractivity contribution is 5.33. The molecule has 21 heavy (non-hydrogen) atoms. The Bertz CT molecular complexity index is 476. The van der Waals surface area contributed by atoms with Gasteiger partial charge in [0.2, 0.25) is 0 Å². The molecular formula is C19H30N2. The molecule has 2 atom stereocenters. The molecule has 3 rings (SSSR count). The van der Waals surface area contributed by atoms with E-state index in [1.165, 1.54) is 61.8 Å². The molecular weight excluding hydrogens is 256 g/mol. The Balaban J connectivity index is 1.68. The van der Waals surface area contributed by atoms with Gasteiger partial charge in [0, 0.05) is 18.6 Å². The maximum absolute atomic E-state index is 6.56. The largest absolute Gasteiger partial charge is 0.323 e. The number of rotatable bonds is 4. The number of hydrogen-bond acceptors (Lipinski definition) is 2. The van der Waals surface area contributed by atoms with Crippen LogP contribution in [0.1, 0.15) is 61.3 Å². The van der Waals surface area contributed by atoms with Crippen LogP contribution >= 0.6 is 0 Å². The first-order chi connectivity index (χ1) is 10.1. The van der Waals surface area contributed by atoms with Gasteiger partial charge < -0.3 is 5.73 Å². The Labute approximate surface area is 129 Å². The summed E-state index contributed by atoms with van der Waals surface area (Å²) in [5, 5.41) is 0. The lowest BCUT2D eigenvalue weighted by atomic mass is 9.94. The van der Waals surface area contributed by atoms with E-state index in [1.807, 2.05) is 0 Å². The molecule has 0 bridgehead atoms. The monoisotopic (exact) mass is 286 g/mol. The average molecular weight is 286 g/mol. The second-order valence-electron chi connectivity index (χ2n) is 7.22. The van der Waals surface area contributed by atoms with Crippen LogP contribution in [-0.4, -0.2) is 24.0 Å². The molecule has 2 aliphatic rings. The van der Waals surface area contributed by atoms with Gasteiger partial charge in [0.05, 0.1) is 0 Å². The third kappa shape index (κ3) is 3.32. The highest BCUT2D eigenvalue weighted by atomic mass is 15.2. The van der Waals surface area contributed by atoms with Crippen molar-refractivity contribution in [2.75, 3.05) is 13.1 Å². The number of nitrogens with zero attached hydrogens (tertiary/aromatic N) is 1. The SMILES string of the molecule is Cc1ccc(C)c(C(N)CN2CCCC2C2CCCC2)c1. The van der Waals surface area contributed by atoms with E-state index in [0.717, 1.165) is 18.5 Å². The van der Waals surface area contributed by atoms with E-state index in [0.29, 0.717) is 0 Å². The Morgan fingerprint density at radius 3 is 2.67 bits per heavy atom. The van der Waals surface area contributed by atoms with Gasteiger partial charge in [-0.25, -0.2) is 0 Å². The number of aryl methyl sites for hydroxylation is 2. The number of hydrogen-bond donors (Lipinski definition) is 1. The van der Waals surface area contributed by atoms with Crippen LogP contribution in [-0.2, 0) is 0 Å². The van der Waals surface area contributed by atoms with Crippen LogP contribution in [0.25, 0.3) is 0 Å². The van der Waals surface area contributed by atoms with E-state index in [-0.39, 0.29) is 6.04 Å². The Kier molecular flexibility index (Phi) is 4.66. The van der Waals surface area contributed by atoms with Gasteiger partial charge in [0.25, 0.3) is 0 Å². The molecule has 1 saturated heterocycles. The van der Waals surface area contributed by atoms with Crippen LogP contribution in [0.2, 0.25) is 0 Å². The fraction of sp³-hybridized carbons (Fsp3) is 0.684. The Morgan fingerprint density at radius 1 is 1.14 bits per heavy atom. The average Bonchev–Trinajstić information content (AvgIpc) is 3.11. The second-order valence-corrected chi connectivity index (χ2v) is 7.22. The van der Waals surface area contributed by atoms with Crippen LogP contribution in [0, 0.1) is 19.8 Å². The maximum Gasteiger partial charge on any atom is 0.0427 e. The van der Waals surface area contributed by atoms with E-state index in [9.17, 15) is 0 Å². The number of nitrogens with two attached hydrogens (primary N) is 1.